The predicted molar refractivity (Wildman–Crippen MR) is 63.0 cm³/mol. The van der Waals surface area contributed by atoms with Crippen molar-refractivity contribution in [2.24, 2.45) is 0 Å². The van der Waals surface area contributed by atoms with Gasteiger partial charge in [-0.25, -0.2) is 0 Å². The molecule has 80 valence electrons. The molecule has 4 heteroatoms. The van der Waals surface area contributed by atoms with Gasteiger partial charge in [0, 0.05) is 5.56 Å². The van der Waals surface area contributed by atoms with E-state index in [0.29, 0.717) is 5.82 Å². The van der Waals surface area contributed by atoms with Crippen molar-refractivity contribution in [1.82, 2.24) is 5.16 Å². The molecule has 0 saturated heterocycles. The maximum Gasteiger partial charge on any atom is 0.182 e. The molecule has 3 nitrogen and oxygen atoms in total. The Bertz CT molecular complexity index is 459. The second-order valence-electron chi connectivity index (χ2n) is 3.36. The molecule has 15 heavy (non-hydrogen) atoms. The third-order valence-electron chi connectivity index (χ3n) is 2.51. The van der Waals surface area contributed by atoms with E-state index in [-0.39, 0.29) is 0 Å². The lowest BCUT2D eigenvalue weighted by atomic mass is 10.1. The summed E-state index contributed by atoms with van der Waals surface area (Å²) < 4.78 is 5.31. The van der Waals surface area contributed by atoms with Crippen LogP contribution >= 0.6 is 11.3 Å². The van der Waals surface area contributed by atoms with Crippen molar-refractivity contribution in [3.63, 3.8) is 0 Å². The van der Waals surface area contributed by atoms with E-state index in [2.05, 4.69) is 30.5 Å². The van der Waals surface area contributed by atoms with Gasteiger partial charge in [-0.05, 0) is 29.9 Å². The minimum absolute atomic E-state index is 0.517. The Kier molecular flexibility index (Phi) is 2.77. The fourth-order valence-electron chi connectivity index (χ4n) is 1.65. The lowest BCUT2D eigenvalue weighted by Gasteiger charge is -1.99. The Morgan fingerprint density at radius 1 is 1.40 bits per heavy atom. The molecule has 2 rings (SSSR count). The zero-order valence-corrected chi connectivity index (χ0v) is 9.73. The van der Waals surface area contributed by atoms with Crippen LogP contribution in [0.5, 0.6) is 0 Å². The first-order valence-corrected chi connectivity index (χ1v) is 5.96. The highest BCUT2D eigenvalue weighted by Gasteiger charge is 2.17. The quantitative estimate of drug-likeness (QED) is 0.868. The Balaban J connectivity index is 2.53. The van der Waals surface area contributed by atoms with Gasteiger partial charge in [-0.1, -0.05) is 19.0 Å². The van der Waals surface area contributed by atoms with Crippen LogP contribution in [0.15, 0.2) is 16.0 Å². The smallest absolute Gasteiger partial charge is 0.182 e. The molecule has 0 aliphatic carbocycles. The first-order valence-electron chi connectivity index (χ1n) is 5.08. The van der Waals surface area contributed by atoms with E-state index in [4.69, 9.17) is 10.3 Å². The van der Waals surface area contributed by atoms with Gasteiger partial charge in [0.05, 0.1) is 4.88 Å². The average molecular weight is 222 g/mol. The van der Waals surface area contributed by atoms with Crippen molar-refractivity contribution < 1.29 is 4.52 Å². The van der Waals surface area contributed by atoms with Crippen LogP contribution in [0.3, 0.4) is 0 Å². The summed E-state index contributed by atoms with van der Waals surface area (Å²) in [6, 6.07) is 2.12. The lowest BCUT2D eigenvalue weighted by Crippen LogP contribution is -1.91. The highest BCUT2D eigenvalue weighted by molar-refractivity contribution is 7.13. The second kappa shape index (κ2) is 4.06. The summed E-state index contributed by atoms with van der Waals surface area (Å²) in [6.45, 7) is 4.20. The van der Waals surface area contributed by atoms with E-state index in [1.165, 1.54) is 10.4 Å². The van der Waals surface area contributed by atoms with E-state index in [0.717, 1.165) is 24.2 Å². The van der Waals surface area contributed by atoms with Gasteiger partial charge in [0.15, 0.2) is 11.6 Å². The summed E-state index contributed by atoms with van der Waals surface area (Å²) in [6.07, 6.45) is 1.86. The number of hydrogen-bond acceptors (Lipinski definition) is 4. The maximum atomic E-state index is 5.75. The third-order valence-corrected chi connectivity index (χ3v) is 3.46. The molecule has 0 aliphatic heterocycles. The fraction of sp³-hybridized carbons (Fsp3) is 0.364. The summed E-state index contributed by atoms with van der Waals surface area (Å²) in [5.74, 6) is 1.37. The number of aromatic nitrogens is 1. The van der Waals surface area contributed by atoms with Crippen LogP contribution in [-0.4, -0.2) is 5.16 Å². The van der Waals surface area contributed by atoms with Crippen molar-refractivity contribution in [1.29, 1.82) is 0 Å². The molecule has 0 atom stereocenters. The minimum atomic E-state index is 0.517. The van der Waals surface area contributed by atoms with E-state index < -0.39 is 0 Å². The highest BCUT2D eigenvalue weighted by Crippen LogP contribution is 2.34. The van der Waals surface area contributed by atoms with Crippen LogP contribution in [0.4, 0.5) is 5.82 Å². The van der Waals surface area contributed by atoms with Crippen molar-refractivity contribution in [2.75, 3.05) is 5.73 Å². The summed E-state index contributed by atoms with van der Waals surface area (Å²) in [4.78, 5) is 1.17. The molecular weight excluding hydrogens is 208 g/mol. The number of nitrogens with two attached hydrogens (primary N) is 1. The summed E-state index contributed by atoms with van der Waals surface area (Å²) in [5, 5.41) is 5.90. The van der Waals surface area contributed by atoms with Crippen molar-refractivity contribution >= 4 is 17.2 Å². The molecule has 2 N–H and O–H groups in total. The molecule has 2 aromatic rings. The van der Waals surface area contributed by atoms with Gasteiger partial charge < -0.3 is 10.3 Å². The molecular formula is C11H14N2OS. The van der Waals surface area contributed by atoms with Gasteiger partial charge in [-0.15, -0.1) is 11.3 Å². The van der Waals surface area contributed by atoms with Crippen LogP contribution < -0.4 is 5.73 Å². The van der Waals surface area contributed by atoms with Gasteiger partial charge in [-0.2, -0.15) is 0 Å². The molecule has 0 aromatic carbocycles. The van der Waals surface area contributed by atoms with Crippen LogP contribution in [0, 0.1) is 0 Å². The van der Waals surface area contributed by atoms with Crippen molar-refractivity contribution in [2.45, 2.75) is 26.7 Å². The van der Waals surface area contributed by atoms with E-state index in [1.807, 2.05) is 0 Å². The Morgan fingerprint density at radius 3 is 2.87 bits per heavy atom. The molecule has 0 radical (unpaired) electrons. The Morgan fingerprint density at radius 2 is 2.20 bits per heavy atom. The Labute approximate surface area is 92.9 Å². The standard InChI is InChI=1S/C11H14N2OS/c1-3-7-5-6-15-10(7)9-8(4-2)11(12)13-14-9/h5-6H,3-4H2,1-2H3,(H2,12,13). The number of aryl methyl sites for hydroxylation is 1. The van der Waals surface area contributed by atoms with Gasteiger partial charge in [0.1, 0.15) is 0 Å². The SMILES string of the molecule is CCc1ccsc1-c1onc(N)c1CC. The molecule has 2 aromatic heterocycles. The van der Waals surface area contributed by atoms with Crippen LogP contribution in [-0.2, 0) is 12.8 Å². The van der Waals surface area contributed by atoms with Crippen molar-refractivity contribution in [3.8, 4) is 10.6 Å². The zero-order valence-electron chi connectivity index (χ0n) is 8.91. The summed E-state index contributed by atoms with van der Waals surface area (Å²) >= 11 is 1.68. The first kappa shape index (κ1) is 10.2. The van der Waals surface area contributed by atoms with Crippen LogP contribution in [0.2, 0.25) is 0 Å². The summed E-state index contributed by atoms with van der Waals surface area (Å²) in [7, 11) is 0. The zero-order chi connectivity index (χ0) is 10.8. The highest BCUT2D eigenvalue weighted by atomic mass is 32.1. The van der Waals surface area contributed by atoms with E-state index >= 15 is 0 Å². The first-order chi connectivity index (χ1) is 7.27. The number of nitrogen functional groups attached to an aromatic ring is 1. The normalized spacial score (nSPS) is 10.8. The number of nitrogens with zero attached hydrogens (tertiary/aromatic N) is 1. The molecule has 0 unspecified atom stereocenters. The maximum absolute atomic E-state index is 5.75. The van der Waals surface area contributed by atoms with Crippen LogP contribution in [0.25, 0.3) is 10.6 Å². The monoisotopic (exact) mass is 222 g/mol. The molecule has 0 amide bonds. The molecule has 0 spiro atoms. The summed E-state index contributed by atoms with van der Waals surface area (Å²) in [5.41, 5.74) is 8.07. The molecule has 0 fully saturated rings. The number of anilines is 1. The molecule has 0 bridgehead atoms. The minimum Gasteiger partial charge on any atom is -0.381 e. The largest absolute Gasteiger partial charge is 0.381 e. The Hall–Kier alpha value is -1.29. The van der Waals surface area contributed by atoms with E-state index in [1.54, 1.807) is 11.3 Å². The van der Waals surface area contributed by atoms with Crippen LogP contribution in [0.1, 0.15) is 25.0 Å². The fourth-order valence-corrected chi connectivity index (χ4v) is 2.65. The van der Waals surface area contributed by atoms with Gasteiger partial charge in [-0.3, -0.25) is 0 Å². The lowest BCUT2D eigenvalue weighted by molar-refractivity contribution is 0.435. The van der Waals surface area contributed by atoms with Gasteiger partial charge >= 0.3 is 0 Å². The molecule has 2 heterocycles. The van der Waals surface area contributed by atoms with Crippen molar-refractivity contribution in [3.05, 3.63) is 22.6 Å². The number of hydrogen-bond donors (Lipinski definition) is 1. The number of thiophene rings is 1. The third kappa shape index (κ3) is 1.65. The topological polar surface area (TPSA) is 52.0 Å². The van der Waals surface area contributed by atoms with Gasteiger partial charge in [0.25, 0.3) is 0 Å². The average Bonchev–Trinajstić information content (AvgIpc) is 2.82. The van der Waals surface area contributed by atoms with E-state index in [9.17, 15) is 0 Å². The number of rotatable bonds is 3. The second-order valence-corrected chi connectivity index (χ2v) is 4.27. The molecule has 0 aliphatic rings. The predicted octanol–water partition coefficient (Wildman–Crippen LogP) is 3.11. The molecule has 0 saturated carbocycles. The van der Waals surface area contributed by atoms with Gasteiger partial charge in [0.2, 0.25) is 0 Å².